The Hall–Kier alpha value is -2.87. The first kappa shape index (κ1) is 14.1. The molecule has 22 heavy (non-hydrogen) atoms. The Labute approximate surface area is 131 Å². The zero-order valence-corrected chi connectivity index (χ0v) is 12.5. The molecule has 0 unspecified atom stereocenters. The van der Waals surface area contributed by atoms with Gasteiger partial charge in [0.1, 0.15) is 5.84 Å². The second-order valence-electron chi connectivity index (χ2n) is 5.22. The van der Waals surface area contributed by atoms with Crippen LogP contribution in [-0.2, 0) is 0 Å². The third-order valence-corrected chi connectivity index (χ3v) is 3.54. The van der Waals surface area contributed by atoms with Crippen LogP contribution in [0.3, 0.4) is 0 Å². The van der Waals surface area contributed by atoms with Gasteiger partial charge < -0.3 is 0 Å². The maximum Gasteiger partial charge on any atom is 0.137 e. The Bertz CT molecular complexity index is 724. The van der Waals surface area contributed by atoms with Crippen molar-refractivity contribution >= 4 is 17.2 Å². The largest absolute Gasteiger partial charge is 0.295 e. The first-order valence-electron chi connectivity index (χ1n) is 7.31. The molecule has 3 aromatic rings. The molecule has 0 saturated heterocycles. The lowest BCUT2D eigenvalue weighted by Crippen LogP contribution is -2.25. The average Bonchev–Trinajstić information content (AvgIpc) is 2.57. The topological polar surface area (TPSA) is 27.1 Å². The van der Waals surface area contributed by atoms with Gasteiger partial charge in [0, 0.05) is 16.9 Å². The average molecular weight is 286 g/mol. The second-order valence-corrected chi connectivity index (χ2v) is 5.22. The molecule has 0 amide bonds. The number of benzene rings is 3. The number of amidine groups is 1. The summed E-state index contributed by atoms with van der Waals surface area (Å²) < 4.78 is 0. The summed E-state index contributed by atoms with van der Waals surface area (Å²) in [6.07, 6.45) is 0. The molecule has 0 heterocycles. The smallest absolute Gasteiger partial charge is 0.137 e. The van der Waals surface area contributed by atoms with Crippen LogP contribution in [0.4, 0.5) is 11.4 Å². The van der Waals surface area contributed by atoms with Crippen LogP contribution in [0.25, 0.3) is 0 Å². The number of hydrogen-bond donors (Lipinski definition) is 1. The molecule has 1 N–H and O–H groups in total. The fourth-order valence-corrected chi connectivity index (χ4v) is 2.48. The molecular formula is C20H18N2. The molecule has 0 spiro atoms. The predicted octanol–water partition coefficient (Wildman–Crippen LogP) is 5.16. The van der Waals surface area contributed by atoms with Gasteiger partial charge in [-0.1, -0.05) is 60.2 Å². The van der Waals surface area contributed by atoms with E-state index in [1.54, 1.807) is 0 Å². The van der Waals surface area contributed by atoms with Crippen molar-refractivity contribution < 1.29 is 0 Å². The molecule has 3 aromatic carbocycles. The van der Waals surface area contributed by atoms with E-state index in [4.69, 9.17) is 5.41 Å². The van der Waals surface area contributed by atoms with Crippen molar-refractivity contribution in [2.75, 3.05) is 4.90 Å². The highest BCUT2D eigenvalue weighted by atomic mass is 15.2. The molecule has 2 nitrogen and oxygen atoms in total. The Morgan fingerprint density at radius 3 is 1.77 bits per heavy atom. The Kier molecular flexibility index (Phi) is 4.01. The Morgan fingerprint density at radius 1 is 0.727 bits per heavy atom. The lowest BCUT2D eigenvalue weighted by atomic mass is 10.1. The van der Waals surface area contributed by atoms with Crippen molar-refractivity contribution in [1.29, 1.82) is 5.41 Å². The fourth-order valence-electron chi connectivity index (χ4n) is 2.48. The summed E-state index contributed by atoms with van der Waals surface area (Å²) in [4.78, 5) is 1.97. The molecule has 0 saturated carbocycles. The van der Waals surface area contributed by atoms with Crippen LogP contribution in [0.2, 0.25) is 0 Å². The van der Waals surface area contributed by atoms with E-state index in [0.717, 1.165) is 22.5 Å². The van der Waals surface area contributed by atoms with E-state index in [2.05, 4.69) is 0 Å². The number of nitrogens with zero attached hydrogens (tertiary/aromatic N) is 1. The minimum atomic E-state index is 0.473. The van der Waals surface area contributed by atoms with E-state index in [1.165, 1.54) is 0 Å². The van der Waals surface area contributed by atoms with E-state index >= 15 is 0 Å². The van der Waals surface area contributed by atoms with Gasteiger partial charge in [0.15, 0.2) is 0 Å². The van der Waals surface area contributed by atoms with Crippen LogP contribution in [-0.4, -0.2) is 5.84 Å². The third kappa shape index (κ3) is 2.91. The van der Waals surface area contributed by atoms with Crippen molar-refractivity contribution in [2.24, 2.45) is 0 Å². The van der Waals surface area contributed by atoms with E-state index in [0.29, 0.717) is 5.84 Å². The summed E-state index contributed by atoms with van der Waals surface area (Å²) in [5.74, 6) is 0.473. The maximum atomic E-state index is 8.68. The summed E-state index contributed by atoms with van der Waals surface area (Å²) in [7, 11) is 0. The van der Waals surface area contributed by atoms with Crippen molar-refractivity contribution in [2.45, 2.75) is 6.92 Å². The third-order valence-electron chi connectivity index (χ3n) is 3.54. The van der Waals surface area contributed by atoms with Gasteiger partial charge in [-0.2, -0.15) is 0 Å². The van der Waals surface area contributed by atoms with Gasteiger partial charge in [-0.15, -0.1) is 0 Å². The number of nitrogens with one attached hydrogen (secondary N) is 1. The molecule has 0 atom stereocenters. The molecule has 0 fully saturated rings. The quantitative estimate of drug-likeness (QED) is 0.522. The molecule has 2 heteroatoms. The van der Waals surface area contributed by atoms with Crippen LogP contribution in [0, 0.1) is 12.3 Å². The summed E-state index contributed by atoms with van der Waals surface area (Å²) in [6, 6.07) is 28.1. The molecule has 0 aromatic heterocycles. The lowest BCUT2D eigenvalue weighted by molar-refractivity contribution is 1.28. The molecular weight excluding hydrogens is 268 g/mol. The van der Waals surface area contributed by atoms with Gasteiger partial charge in [-0.25, -0.2) is 0 Å². The van der Waals surface area contributed by atoms with Crippen LogP contribution < -0.4 is 4.90 Å². The van der Waals surface area contributed by atoms with E-state index in [1.807, 2.05) is 96.8 Å². The monoisotopic (exact) mass is 286 g/mol. The zero-order chi connectivity index (χ0) is 15.4. The number of aryl methyl sites for hydroxylation is 1. The molecule has 0 aliphatic rings. The molecule has 0 aliphatic carbocycles. The highest BCUT2D eigenvalue weighted by Crippen LogP contribution is 2.27. The maximum absolute atomic E-state index is 8.68. The van der Waals surface area contributed by atoms with E-state index in [9.17, 15) is 0 Å². The van der Waals surface area contributed by atoms with Gasteiger partial charge in [0.05, 0.1) is 0 Å². The highest BCUT2D eigenvalue weighted by Gasteiger charge is 2.16. The fraction of sp³-hybridized carbons (Fsp3) is 0.0500. The van der Waals surface area contributed by atoms with E-state index < -0.39 is 0 Å². The zero-order valence-electron chi connectivity index (χ0n) is 12.5. The summed E-state index contributed by atoms with van der Waals surface area (Å²) in [5, 5.41) is 8.68. The standard InChI is InChI=1S/C20H18N2/c1-16-9-8-10-17(15-16)20(21)22(18-11-4-2-5-12-18)19-13-6-3-7-14-19/h2-15,21H,1H3. The van der Waals surface area contributed by atoms with Crippen LogP contribution >= 0.6 is 0 Å². The Morgan fingerprint density at radius 2 is 1.27 bits per heavy atom. The molecule has 0 radical (unpaired) electrons. The molecule has 108 valence electrons. The summed E-state index contributed by atoms with van der Waals surface area (Å²) in [6.45, 7) is 2.05. The lowest BCUT2D eigenvalue weighted by Gasteiger charge is -2.25. The second kappa shape index (κ2) is 6.27. The first-order valence-corrected chi connectivity index (χ1v) is 7.31. The van der Waals surface area contributed by atoms with Gasteiger partial charge in [-0.05, 0) is 37.3 Å². The summed E-state index contributed by atoms with van der Waals surface area (Å²) >= 11 is 0. The highest BCUT2D eigenvalue weighted by molar-refractivity contribution is 6.12. The van der Waals surface area contributed by atoms with Crippen molar-refractivity contribution in [3.05, 3.63) is 96.1 Å². The normalized spacial score (nSPS) is 10.2. The Balaban J connectivity index is 2.08. The van der Waals surface area contributed by atoms with Crippen molar-refractivity contribution in [1.82, 2.24) is 0 Å². The van der Waals surface area contributed by atoms with E-state index in [-0.39, 0.29) is 0 Å². The minimum absolute atomic E-state index is 0.473. The van der Waals surface area contributed by atoms with Crippen molar-refractivity contribution in [3.63, 3.8) is 0 Å². The van der Waals surface area contributed by atoms with Gasteiger partial charge >= 0.3 is 0 Å². The summed E-state index contributed by atoms with van der Waals surface area (Å²) in [5.41, 5.74) is 4.04. The van der Waals surface area contributed by atoms with Gasteiger partial charge in [0.2, 0.25) is 0 Å². The number of para-hydroxylation sites is 2. The molecule has 0 aliphatic heterocycles. The SMILES string of the molecule is Cc1cccc(C(=N)N(c2ccccc2)c2ccccc2)c1. The number of hydrogen-bond acceptors (Lipinski definition) is 1. The van der Waals surface area contributed by atoms with Crippen LogP contribution in [0.1, 0.15) is 11.1 Å². The number of anilines is 2. The van der Waals surface area contributed by atoms with Crippen molar-refractivity contribution in [3.8, 4) is 0 Å². The van der Waals surface area contributed by atoms with Crippen LogP contribution in [0.15, 0.2) is 84.9 Å². The van der Waals surface area contributed by atoms with Gasteiger partial charge in [-0.3, -0.25) is 10.3 Å². The predicted molar refractivity (Wildman–Crippen MR) is 93.0 cm³/mol. The minimum Gasteiger partial charge on any atom is -0.295 e. The first-order chi connectivity index (χ1) is 10.8. The number of rotatable bonds is 3. The van der Waals surface area contributed by atoms with Crippen LogP contribution in [0.5, 0.6) is 0 Å². The molecule has 3 rings (SSSR count). The van der Waals surface area contributed by atoms with Gasteiger partial charge in [0.25, 0.3) is 0 Å². The molecule has 0 bridgehead atoms.